The minimum atomic E-state index is -0.332. The molecule has 0 spiro atoms. The van der Waals surface area contributed by atoms with Crippen LogP contribution in [0.25, 0.3) is 16.6 Å². The number of carbonyl (C=O) groups excluding carboxylic acids is 1. The number of carbonyl (C=O) groups is 1. The van der Waals surface area contributed by atoms with E-state index in [0.29, 0.717) is 27.2 Å². The summed E-state index contributed by atoms with van der Waals surface area (Å²) in [5, 5.41) is 17.0. The third kappa shape index (κ3) is 3.66. The lowest BCUT2D eigenvalue weighted by Gasteiger charge is -2.08. The van der Waals surface area contributed by atoms with E-state index in [1.54, 1.807) is 35.1 Å². The van der Waals surface area contributed by atoms with Crippen LogP contribution in [0.5, 0.6) is 0 Å². The Kier molecular flexibility index (Phi) is 4.94. The molecule has 1 amide bonds. The van der Waals surface area contributed by atoms with Gasteiger partial charge >= 0.3 is 0 Å². The van der Waals surface area contributed by atoms with Crippen molar-refractivity contribution >= 4 is 28.4 Å². The van der Waals surface area contributed by atoms with E-state index in [9.17, 15) is 9.18 Å². The number of hydrogen-bond acceptors (Lipinski definition) is 4. The minimum Gasteiger partial charge on any atom is -0.348 e. The van der Waals surface area contributed by atoms with E-state index in [0.717, 1.165) is 5.52 Å². The van der Waals surface area contributed by atoms with Gasteiger partial charge in [-0.3, -0.25) is 4.79 Å². The number of rotatable bonds is 4. The molecule has 6 nitrogen and oxygen atoms in total. The quantitative estimate of drug-likeness (QED) is 0.556. The molecule has 0 radical (unpaired) electrons. The van der Waals surface area contributed by atoms with Crippen LogP contribution in [0.15, 0.2) is 60.9 Å². The van der Waals surface area contributed by atoms with Gasteiger partial charge in [0.1, 0.15) is 17.6 Å². The molecule has 0 aliphatic rings. The molecule has 0 unspecified atom stereocenters. The van der Waals surface area contributed by atoms with Gasteiger partial charge in [0.15, 0.2) is 0 Å². The van der Waals surface area contributed by atoms with Crippen molar-refractivity contribution in [2.75, 3.05) is 0 Å². The highest BCUT2D eigenvalue weighted by Gasteiger charge is 2.14. The highest BCUT2D eigenvalue weighted by Crippen LogP contribution is 2.22. The second kappa shape index (κ2) is 7.70. The van der Waals surface area contributed by atoms with Crippen molar-refractivity contribution in [1.29, 1.82) is 5.26 Å². The normalized spacial score (nSPS) is 10.7. The van der Waals surface area contributed by atoms with E-state index in [2.05, 4.69) is 15.4 Å². The van der Waals surface area contributed by atoms with Crippen molar-refractivity contribution < 1.29 is 9.18 Å². The highest BCUT2D eigenvalue weighted by molar-refractivity contribution is 6.31. The van der Waals surface area contributed by atoms with Gasteiger partial charge in [0.05, 0.1) is 23.0 Å². The van der Waals surface area contributed by atoms with E-state index in [1.165, 1.54) is 24.4 Å². The topological polar surface area (TPSA) is 83.6 Å². The number of hydrogen-bond donors (Lipinski definition) is 1. The third-order valence-corrected chi connectivity index (χ3v) is 4.76. The van der Waals surface area contributed by atoms with E-state index in [4.69, 9.17) is 16.9 Å². The smallest absolute Gasteiger partial charge is 0.252 e. The maximum atomic E-state index is 13.2. The van der Waals surface area contributed by atoms with Gasteiger partial charge in [-0.05, 0) is 42.5 Å². The molecule has 4 rings (SSSR count). The average molecular weight is 406 g/mol. The second-order valence-electron chi connectivity index (χ2n) is 6.23. The number of fused-ring (bicyclic) bond motifs is 1. The Morgan fingerprint density at radius 1 is 1.21 bits per heavy atom. The number of amides is 1. The molecule has 0 aliphatic carbocycles. The maximum absolute atomic E-state index is 13.2. The van der Waals surface area contributed by atoms with Crippen LogP contribution >= 0.6 is 11.6 Å². The molecule has 8 heteroatoms. The lowest BCUT2D eigenvalue weighted by molar-refractivity contribution is 0.0952. The molecular formula is C21H13ClFN5O. The molecule has 142 valence electrons. The van der Waals surface area contributed by atoms with Crippen LogP contribution < -0.4 is 5.32 Å². The zero-order valence-corrected chi connectivity index (χ0v) is 15.7. The van der Waals surface area contributed by atoms with E-state index in [1.807, 2.05) is 12.1 Å². The van der Waals surface area contributed by atoms with Crippen molar-refractivity contribution in [3.05, 3.63) is 88.6 Å². The fraction of sp³-hybridized carbons (Fsp3) is 0.0476. The van der Waals surface area contributed by atoms with Gasteiger partial charge in [0.2, 0.25) is 0 Å². The molecule has 2 aromatic carbocycles. The van der Waals surface area contributed by atoms with E-state index >= 15 is 0 Å². The van der Waals surface area contributed by atoms with Gasteiger partial charge in [0.25, 0.3) is 5.91 Å². The van der Waals surface area contributed by atoms with Crippen molar-refractivity contribution in [3.63, 3.8) is 0 Å². The highest BCUT2D eigenvalue weighted by atomic mass is 35.5. The van der Waals surface area contributed by atoms with Crippen LogP contribution in [0.1, 0.15) is 21.6 Å². The molecular weight excluding hydrogens is 393 g/mol. The average Bonchev–Trinajstić information content (AvgIpc) is 3.17. The Hall–Kier alpha value is -3.76. The number of halogens is 2. The maximum Gasteiger partial charge on any atom is 0.252 e. The molecule has 0 atom stereocenters. The summed E-state index contributed by atoms with van der Waals surface area (Å²) < 4.78 is 14.8. The zero-order chi connectivity index (χ0) is 20.4. The first-order valence-electron chi connectivity index (χ1n) is 8.62. The number of aromatic nitrogens is 3. The minimum absolute atomic E-state index is 0.166. The summed E-state index contributed by atoms with van der Waals surface area (Å²) in [6.07, 6.45) is 3.07. The first kappa shape index (κ1) is 18.6. The molecule has 1 N–H and O–H groups in total. The Labute approximate surface area is 170 Å². The lowest BCUT2D eigenvalue weighted by atomic mass is 10.1. The van der Waals surface area contributed by atoms with Crippen molar-refractivity contribution in [2.24, 2.45) is 0 Å². The summed E-state index contributed by atoms with van der Waals surface area (Å²) in [7, 11) is 0. The summed E-state index contributed by atoms with van der Waals surface area (Å²) in [5.41, 5.74) is 2.68. The van der Waals surface area contributed by atoms with E-state index < -0.39 is 0 Å². The predicted octanol–water partition coefficient (Wildman–Crippen LogP) is 4.01. The Balaban J connectivity index is 1.60. The summed E-state index contributed by atoms with van der Waals surface area (Å²) >= 11 is 6.13. The van der Waals surface area contributed by atoms with Gasteiger partial charge in [-0.25, -0.2) is 14.1 Å². The van der Waals surface area contributed by atoms with Crippen LogP contribution in [0, 0.1) is 17.1 Å². The summed E-state index contributed by atoms with van der Waals surface area (Å²) in [4.78, 5) is 16.7. The van der Waals surface area contributed by atoms with Crippen molar-refractivity contribution in [1.82, 2.24) is 20.1 Å². The van der Waals surface area contributed by atoms with Gasteiger partial charge in [-0.2, -0.15) is 10.4 Å². The predicted molar refractivity (Wildman–Crippen MR) is 106 cm³/mol. The fourth-order valence-corrected chi connectivity index (χ4v) is 3.18. The van der Waals surface area contributed by atoms with Gasteiger partial charge in [-0.1, -0.05) is 17.7 Å². The van der Waals surface area contributed by atoms with Gasteiger partial charge < -0.3 is 5.32 Å². The molecule has 2 heterocycles. The van der Waals surface area contributed by atoms with Crippen LogP contribution in [-0.4, -0.2) is 20.7 Å². The van der Waals surface area contributed by atoms with E-state index in [-0.39, 0.29) is 24.0 Å². The Morgan fingerprint density at radius 2 is 2.00 bits per heavy atom. The third-order valence-electron chi connectivity index (χ3n) is 4.41. The van der Waals surface area contributed by atoms with Gasteiger partial charge in [-0.15, -0.1) is 0 Å². The second-order valence-corrected chi connectivity index (χ2v) is 6.63. The SMILES string of the molecule is N#Cc1cc(Cl)c(CNC(=O)c2cccc3c2cnn3-c2ccc(F)cc2)cn1. The number of benzene rings is 2. The van der Waals surface area contributed by atoms with Gasteiger partial charge in [0, 0.05) is 28.7 Å². The zero-order valence-electron chi connectivity index (χ0n) is 14.9. The standard InChI is InChI=1S/C21H13ClFN5O/c22-19-8-15(9-24)25-10-13(19)11-26-21(29)17-2-1-3-20-18(17)12-27-28(20)16-6-4-14(23)5-7-16/h1-8,10,12H,11H2,(H,26,29). The Bertz CT molecular complexity index is 1260. The summed E-state index contributed by atoms with van der Waals surface area (Å²) in [6, 6.07) is 14.6. The first-order valence-corrected chi connectivity index (χ1v) is 9.00. The molecule has 0 aliphatic heterocycles. The van der Waals surface area contributed by atoms with Crippen LogP contribution in [-0.2, 0) is 6.54 Å². The molecule has 0 saturated carbocycles. The largest absolute Gasteiger partial charge is 0.348 e. The fourth-order valence-electron chi connectivity index (χ4n) is 2.96. The first-order chi connectivity index (χ1) is 14.1. The number of nitriles is 1. The van der Waals surface area contributed by atoms with Crippen molar-refractivity contribution in [3.8, 4) is 11.8 Å². The molecule has 2 aromatic heterocycles. The molecule has 4 aromatic rings. The van der Waals surface area contributed by atoms with Crippen molar-refractivity contribution in [2.45, 2.75) is 6.54 Å². The van der Waals surface area contributed by atoms with Crippen LogP contribution in [0.4, 0.5) is 4.39 Å². The van der Waals surface area contributed by atoms with Crippen LogP contribution in [0.3, 0.4) is 0 Å². The molecule has 0 fully saturated rings. The lowest BCUT2D eigenvalue weighted by Crippen LogP contribution is -2.23. The summed E-state index contributed by atoms with van der Waals surface area (Å²) in [6.45, 7) is 0.166. The van der Waals surface area contributed by atoms with Crippen LogP contribution in [0.2, 0.25) is 5.02 Å². The molecule has 29 heavy (non-hydrogen) atoms. The Morgan fingerprint density at radius 3 is 2.72 bits per heavy atom. The summed E-state index contributed by atoms with van der Waals surface area (Å²) in [5.74, 6) is -0.629. The number of nitrogens with zero attached hydrogens (tertiary/aromatic N) is 4. The molecule has 0 bridgehead atoms. The molecule has 0 saturated heterocycles. The monoisotopic (exact) mass is 405 g/mol. The number of pyridine rings is 1. The number of nitrogens with one attached hydrogen (secondary N) is 1.